The fourth-order valence-corrected chi connectivity index (χ4v) is 1.43. The molecule has 2 aromatic heterocycles. The van der Waals surface area contributed by atoms with Crippen molar-refractivity contribution in [2.75, 3.05) is 5.43 Å². The van der Waals surface area contributed by atoms with Crippen molar-refractivity contribution < 1.29 is 18.0 Å². The van der Waals surface area contributed by atoms with Crippen LogP contribution >= 0.6 is 0 Å². The molecule has 0 radical (unpaired) electrons. The van der Waals surface area contributed by atoms with Crippen LogP contribution in [0.15, 0.2) is 36.7 Å². The van der Waals surface area contributed by atoms with Crippen LogP contribution in [0.3, 0.4) is 0 Å². The third-order valence-corrected chi connectivity index (χ3v) is 2.29. The summed E-state index contributed by atoms with van der Waals surface area (Å²) in [5, 5.41) is 0. The Morgan fingerprint density at radius 3 is 2.42 bits per heavy atom. The van der Waals surface area contributed by atoms with Crippen LogP contribution in [0.2, 0.25) is 0 Å². The van der Waals surface area contributed by atoms with Crippen LogP contribution in [0, 0.1) is 0 Å². The normalized spacial score (nSPS) is 11.3. The van der Waals surface area contributed by atoms with E-state index in [9.17, 15) is 18.0 Å². The minimum atomic E-state index is -4.59. The SMILES string of the molecule is NC(=O)c1ccc(C(F)(F)F)nc1Nn1cccc1. The Morgan fingerprint density at radius 2 is 1.89 bits per heavy atom. The van der Waals surface area contributed by atoms with Crippen molar-refractivity contribution >= 4 is 11.7 Å². The largest absolute Gasteiger partial charge is 0.433 e. The van der Waals surface area contributed by atoms with Crippen LogP contribution in [-0.2, 0) is 6.18 Å². The minimum absolute atomic E-state index is 0.123. The van der Waals surface area contributed by atoms with Gasteiger partial charge in [-0.05, 0) is 24.3 Å². The van der Waals surface area contributed by atoms with Crippen molar-refractivity contribution in [3.63, 3.8) is 0 Å². The second kappa shape index (κ2) is 4.63. The average Bonchev–Trinajstić information content (AvgIpc) is 2.80. The maximum atomic E-state index is 12.6. The second-order valence-corrected chi connectivity index (χ2v) is 3.66. The number of aromatic nitrogens is 2. The van der Waals surface area contributed by atoms with Gasteiger partial charge in [-0.3, -0.25) is 14.9 Å². The molecule has 0 aliphatic rings. The zero-order valence-electron chi connectivity index (χ0n) is 9.48. The number of amides is 1. The van der Waals surface area contributed by atoms with Crippen molar-refractivity contribution in [2.45, 2.75) is 6.18 Å². The van der Waals surface area contributed by atoms with Gasteiger partial charge in [0.1, 0.15) is 5.69 Å². The lowest BCUT2D eigenvalue weighted by atomic mass is 10.2. The highest BCUT2D eigenvalue weighted by Gasteiger charge is 2.33. The van der Waals surface area contributed by atoms with Gasteiger partial charge in [-0.25, -0.2) is 4.98 Å². The summed E-state index contributed by atoms with van der Waals surface area (Å²) in [5.74, 6) is -1.12. The highest BCUT2D eigenvalue weighted by molar-refractivity contribution is 5.97. The van der Waals surface area contributed by atoms with Crippen LogP contribution in [0.4, 0.5) is 19.0 Å². The molecular formula is C11H9F3N4O. The van der Waals surface area contributed by atoms with Crippen molar-refractivity contribution in [2.24, 2.45) is 5.73 Å². The van der Waals surface area contributed by atoms with E-state index >= 15 is 0 Å². The summed E-state index contributed by atoms with van der Waals surface area (Å²) in [6, 6.07) is 5.01. The van der Waals surface area contributed by atoms with Gasteiger partial charge < -0.3 is 5.73 Å². The lowest BCUT2D eigenvalue weighted by molar-refractivity contribution is -0.141. The molecule has 0 aromatic carbocycles. The number of nitrogens with zero attached hydrogens (tertiary/aromatic N) is 2. The van der Waals surface area contributed by atoms with Crippen molar-refractivity contribution in [3.05, 3.63) is 47.9 Å². The number of rotatable bonds is 3. The lowest BCUT2D eigenvalue weighted by Crippen LogP contribution is -2.20. The van der Waals surface area contributed by atoms with Gasteiger partial charge in [0.05, 0.1) is 5.56 Å². The number of primary amides is 1. The quantitative estimate of drug-likeness (QED) is 0.894. The van der Waals surface area contributed by atoms with Gasteiger partial charge in [0.2, 0.25) is 0 Å². The number of alkyl halides is 3. The molecule has 0 saturated heterocycles. The van der Waals surface area contributed by atoms with Crippen molar-refractivity contribution in [1.82, 2.24) is 9.66 Å². The zero-order valence-corrected chi connectivity index (χ0v) is 9.48. The topological polar surface area (TPSA) is 72.9 Å². The number of nitrogens with two attached hydrogens (primary N) is 1. The third-order valence-electron chi connectivity index (χ3n) is 2.29. The summed E-state index contributed by atoms with van der Waals surface area (Å²) in [7, 11) is 0. The fourth-order valence-electron chi connectivity index (χ4n) is 1.43. The number of hydrogen-bond donors (Lipinski definition) is 2. The number of halogens is 3. The number of pyridine rings is 1. The van der Waals surface area contributed by atoms with E-state index in [-0.39, 0.29) is 11.4 Å². The first kappa shape index (κ1) is 12.9. The van der Waals surface area contributed by atoms with Crippen molar-refractivity contribution in [3.8, 4) is 0 Å². The molecule has 0 bridgehead atoms. The number of carbonyl (C=O) groups excluding carboxylic acids is 1. The summed E-state index contributed by atoms with van der Waals surface area (Å²) >= 11 is 0. The van der Waals surface area contributed by atoms with E-state index in [0.29, 0.717) is 6.07 Å². The molecule has 0 fully saturated rings. The first-order chi connectivity index (χ1) is 8.88. The smallest absolute Gasteiger partial charge is 0.365 e. The first-order valence-electron chi connectivity index (χ1n) is 5.16. The highest BCUT2D eigenvalue weighted by atomic mass is 19.4. The Bertz CT molecular complexity index is 592. The van der Waals surface area contributed by atoms with Crippen LogP contribution in [0.5, 0.6) is 0 Å². The van der Waals surface area contributed by atoms with Gasteiger partial charge in [-0.1, -0.05) is 0 Å². The Kier molecular flexibility index (Phi) is 3.16. The molecular weight excluding hydrogens is 261 g/mol. The maximum absolute atomic E-state index is 12.6. The summed E-state index contributed by atoms with van der Waals surface area (Å²) in [6.45, 7) is 0. The minimum Gasteiger partial charge on any atom is -0.365 e. The van der Waals surface area contributed by atoms with Gasteiger partial charge in [0.25, 0.3) is 5.91 Å². The molecule has 2 aromatic rings. The average molecular weight is 270 g/mol. The molecule has 0 saturated carbocycles. The Hall–Kier alpha value is -2.51. The van der Waals surface area contributed by atoms with Gasteiger partial charge >= 0.3 is 6.18 Å². The van der Waals surface area contributed by atoms with Gasteiger partial charge in [0.15, 0.2) is 5.82 Å². The van der Waals surface area contributed by atoms with Crippen molar-refractivity contribution in [1.29, 1.82) is 0 Å². The van der Waals surface area contributed by atoms with Gasteiger partial charge in [-0.2, -0.15) is 13.2 Å². The highest BCUT2D eigenvalue weighted by Crippen LogP contribution is 2.29. The Morgan fingerprint density at radius 1 is 1.26 bits per heavy atom. The van der Waals surface area contributed by atoms with Crippen LogP contribution in [0.25, 0.3) is 0 Å². The Balaban J connectivity index is 2.45. The second-order valence-electron chi connectivity index (χ2n) is 3.66. The molecule has 8 heteroatoms. The van der Waals surface area contributed by atoms with Crippen LogP contribution < -0.4 is 11.2 Å². The van der Waals surface area contributed by atoms with Crippen LogP contribution in [0.1, 0.15) is 16.1 Å². The molecule has 3 N–H and O–H groups in total. The number of carbonyl (C=O) groups is 1. The van der Waals surface area contributed by atoms with E-state index in [0.717, 1.165) is 6.07 Å². The molecule has 5 nitrogen and oxygen atoms in total. The molecule has 0 atom stereocenters. The zero-order chi connectivity index (χ0) is 14.0. The Labute approximate surface area is 105 Å². The van der Waals surface area contributed by atoms with E-state index in [1.165, 1.54) is 4.68 Å². The van der Waals surface area contributed by atoms with E-state index in [4.69, 9.17) is 5.73 Å². The monoisotopic (exact) mass is 270 g/mol. The van der Waals surface area contributed by atoms with Gasteiger partial charge in [0, 0.05) is 12.4 Å². The lowest BCUT2D eigenvalue weighted by Gasteiger charge is -2.13. The van der Waals surface area contributed by atoms with E-state index in [1.54, 1.807) is 24.5 Å². The summed E-state index contributed by atoms with van der Waals surface area (Å²) < 4.78 is 39.1. The molecule has 19 heavy (non-hydrogen) atoms. The molecule has 0 spiro atoms. The molecule has 2 heterocycles. The summed E-state index contributed by atoms with van der Waals surface area (Å²) in [5.41, 5.74) is 6.42. The molecule has 100 valence electrons. The summed E-state index contributed by atoms with van der Waals surface area (Å²) in [6.07, 6.45) is -1.50. The summed E-state index contributed by atoms with van der Waals surface area (Å²) in [4.78, 5) is 14.5. The van der Waals surface area contributed by atoms with E-state index < -0.39 is 17.8 Å². The molecule has 0 unspecified atom stereocenters. The predicted octanol–water partition coefficient (Wildman–Crippen LogP) is 1.88. The molecule has 2 rings (SSSR count). The molecule has 0 aliphatic carbocycles. The number of anilines is 1. The standard InChI is InChI=1S/C11H9F3N4O/c12-11(13,14)8-4-3-7(9(15)19)10(16-8)17-18-5-1-2-6-18/h1-6H,(H2,15,19)(H,16,17). The number of hydrogen-bond acceptors (Lipinski definition) is 3. The molecule has 0 aliphatic heterocycles. The third kappa shape index (κ3) is 2.84. The van der Waals surface area contributed by atoms with Crippen LogP contribution in [-0.4, -0.2) is 15.6 Å². The fraction of sp³-hybridized carbons (Fsp3) is 0.0909. The van der Waals surface area contributed by atoms with E-state index in [1.807, 2.05) is 0 Å². The predicted molar refractivity (Wildman–Crippen MR) is 61.2 cm³/mol. The number of nitrogens with one attached hydrogen (secondary N) is 1. The molecule has 1 amide bonds. The maximum Gasteiger partial charge on any atom is 0.433 e. The van der Waals surface area contributed by atoms with Gasteiger partial charge in [-0.15, -0.1) is 0 Å². The first-order valence-corrected chi connectivity index (χ1v) is 5.16. The van der Waals surface area contributed by atoms with E-state index in [2.05, 4.69) is 10.4 Å².